The monoisotopic (exact) mass is 215 g/mol. The molecule has 0 saturated carbocycles. The molecule has 0 aromatic heterocycles. The molecule has 1 N–H and O–H groups in total. The fraction of sp³-hybridized carbons (Fsp3) is 0.800. The number of aliphatic carboxylic acids is 1. The van der Waals surface area contributed by atoms with Crippen molar-refractivity contribution in [3.05, 3.63) is 0 Å². The number of ether oxygens (including phenoxy) is 1. The van der Waals surface area contributed by atoms with Crippen LogP contribution in [0.25, 0.3) is 0 Å². The summed E-state index contributed by atoms with van der Waals surface area (Å²) in [4.78, 5) is 24.4. The van der Waals surface area contributed by atoms with Gasteiger partial charge in [0.1, 0.15) is 6.10 Å². The van der Waals surface area contributed by atoms with Crippen LogP contribution >= 0.6 is 0 Å². The first kappa shape index (κ1) is 12.0. The smallest absolute Gasteiger partial charge is 0.309 e. The van der Waals surface area contributed by atoms with Crippen LogP contribution in [0.15, 0.2) is 0 Å². The third kappa shape index (κ3) is 2.47. The molecule has 0 aliphatic carbocycles. The maximum absolute atomic E-state index is 11.8. The van der Waals surface area contributed by atoms with Crippen LogP contribution in [0.3, 0.4) is 0 Å². The molecule has 5 nitrogen and oxygen atoms in total. The van der Waals surface area contributed by atoms with Crippen molar-refractivity contribution < 1.29 is 19.4 Å². The van der Waals surface area contributed by atoms with Crippen molar-refractivity contribution in [1.29, 1.82) is 0 Å². The molecule has 5 heteroatoms. The first-order valence-corrected chi connectivity index (χ1v) is 5.25. The number of carboxylic acids is 1. The molecule has 2 unspecified atom stereocenters. The standard InChI is InChI=1S/C10H17NO4/c1-3-7(10(13)14)8-9(12)11(4-2)5-6-15-8/h7-8H,3-6H2,1-2H3,(H,13,14). The Bertz CT molecular complexity index is 254. The van der Waals surface area contributed by atoms with E-state index in [1.54, 1.807) is 11.8 Å². The van der Waals surface area contributed by atoms with E-state index < -0.39 is 18.0 Å². The van der Waals surface area contributed by atoms with Gasteiger partial charge in [-0.2, -0.15) is 0 Å². The first-order chi connectivity index (χ1) is 7.11. The molecule has 1 rings (SSSR count). The molecule has 0 aromatic carbocycles. The second kappa shape index (κ2) is 5.11. The largest absolute Gasteiger partial charge is 0.481 e. The van der Waals surface area contributed by atoms with E-state index in [1.807, 2.05) is 6.92 Å². The number of amides is 1. The van der Waals surface area contributed by atoms with E-state index >= 15 is 0 Å². The second-order valence-electron chi connectivity index (χ2n) is 3.56. The third-order valence-electron chi connectivity index (χ3n) is 2.72. The van der Waals surface area contributed by atoms with Crippen LogP contribution in [0, 0.1) is 5.92 Å². The van der Waals surface area contributed by atoms with Crippen LogP contribution in [-0.2, 0) is 14.3 Å². The summed E-state index contributed by atoms with van der Waals surface area (Å²) in [5.41, 5.74) is 0. The van der Waals surface area contributed by atoms with E-state index in [0.717, 1.165) is 0 Å². The number of carbonyl (C=O) groups is 2. The number of carboxylic acid groups (broad SMARTS) is 1. The number of hydrogen-bond donors (Lipinski definition) is 1. The van der Waals surface area contributed by atoms with Crippen molar-refractivity contribution in [2.45, 2.75) is 26.4 Å². The molecule has 86 valence electrons. The fourth-order valence-electron chi connectivity index (χ4n) is 1.77. The Morgan fingerprint density at radius 1 is 1.67 bits per heavy atom. The van der Waals surface area contributed by atoms with Gasteiger partial charge in [0.2, 0.25) is 0 Å². The summed E-state index contributed by atoms with van der Waals surface area (Å²) in [7, 11) is 0. The minimum Gasteiger partial charge on any atom is -0.481 e. The average molecular weight is 215 g/mol. The number of nitrogens with zero attached hydrogens (tertiary/aromatic N) is 1. The maximum atomic E-state index is 11.8. The average Bonchev–Trinajstić information content (AvgIpc) is 2.21. The normalized spacial score (nSPS) is 24.0. The lowest BCUT2D eigenvalue weighted by Crippen LogP contribution is -2.51. The van der Waals surface area contributed by atoms with Crippen LogP contribution in [-0.4, -0.2) is 47.7 Å². The summed E-state index contributed by atoms with van der Waals surface area (Å²) in [5.74, 6) is -1.89. The highest BCUT2D eigenvalue weighted by Crippen LogP contribution is 2.18. The zero-order valence-corrected chi connectivity index (χ0v) is 9.10. The van der Waals surface area contributed by atoms with Gasteiger partial charge in [-0.15, -0.1) is 0 Å². The zero-order valence-electron chi connectivity index (χ0n) is 9.10. The SMILES string of the molecule is CCC(C(=O)O)C1OCCN(CC)C1=O. The van der Waals surface area contributed by atoms with Gasteiger partial charge in [0.15, 0.2) is 0 Å². The van der Waals surface area contributed by atoms with Crippen molar-refractivity contribution in [3.63, 3.8) is 0 Å². The zero-order chi connectivity index (χ0) is 11.4. The summed E-state index contributed by atoms with van der Waals surface area (Å²) in [5, 5.41) is 8.95. The minimum absolute atomic E-state index is 0.196. The van der Waals surface area contributed by atoms with Crippen molar-refractivity contribution in [2.75, 3.05) is 19.7 Å². The van der Waals surface area contributed by atoms with E-state index in [4.69, 9.17) is 9.84 Å². The maximum Gasteiger partial charge on any atom is 0.309 e. The molecular weight excluding hydrogens is 198 g/mol. The predicted molar refractivity (Wildman–Crippen MR) is 53.4 cm³/mol. The van der Waals surface area contributed by atoms with Gasteiger partial charge in [-0.05, 0) is 13.3 Å². The van der Waals surface area contributed by atoms with Crippen LogP contribution in [0.2, 0.25) is 0 Å². The number of likely N-dealkylation sites (N-methyl/N-ethyl adjacent to an activating group) is 1. The molecular formula is C10H17NO4. The number of carbonyl (C=O) groups excluding carboxylic acids is 1. The lowest BCUT2D eigenvalue weighted by Gasteiger charge is -2.33. The van der Waals surface area contributed by atoms with Gasteiger partial charge >= 0.3 is 5.97 Å². The van der Waals surface area contributed by atoms with Crippen LogP contribution in [0.1, 0.15) is 20.3 Å². The molecule has 0 spiro atoms. The predicted octanol–water partition coefficient (Wildman–Crippen LogP) is 0.344. The summed E-state index contributed by atoms with van der Waals surface area (Å²) in [6, 6.07) is 0. The van der Waals surface area contributed by atoms with Gasteiger partial charge in [0.25, 0.3) is 5.91 Å². The Morgan fingerprint density at radius 2 is 2.33 bits per heavy atom. The van der Waals surface area contributed by atoms with E-state index in [2.05, 4.69) is 0 Å². The molecule has 15 heavy (non-hydrogen) atoms. The second-order valence-corrected chi connectivity index (χ2v) is 3.56. The van der Waals surface area contributed by atoms with Gasteiger partial charge in [-0.25, -0.2) is 0 Å². The van der Waals surface area contributed by atoms with E-state index in [-0.39, 0.29) is 5.91 Å². The Balaban J connectivity index is 2.75. The van der Waals surface area contributed by atoms with Crippen LogP contribution in [0.4, 0.5) is 0 Å². The Labute approximate surface area is 89.0 Å². The molecule has 0 aromatic rings. The van der Waals surface area contributed by atoms with Crippen LogP contribution in [0.5, 0.6) is 0 Å². The third-order valence-corrected chi connectivity index (χ3v) is 2.72. The Kier molecular flexibility index (Phi) is 4.08. The number of hydrogen-bond acceptors (Lipinski definition) is 3. The van der Waals surface area contributed by atoms with Gasteiger partial charge in [-0.1, -0.05) is 6.92 Å². The highest BCUT2D eigenvalue weighted by atomic mass is 16.5. The molecule has 0 radical (unpaired) electrons. The summed E-state index contributed by atoms with van der Waals surface area (Å²) in [6.07, 6.45) is -0.398. The highest BCUT2D eigenvalue weighted by Gasteiger charge is 2.38. The van der Waals surface area contributed by atoms with Crippen molar-refractivity contribution >= 4 is 11.9 Å². The molecule has 1 aliphatic heterocycles. The summed E-state index contributed by atoms with van der Waals surface area (Å²) in [6.45, 7) is 5.22. The fourth-order valence-corrected chi connectivity index (χ4v) is 1.77. The van der Waals surface area contributed by atoms with E-state index in [9.17, 15) is 9.59 Å². The number of morpholine rings is 1. The lowest BCUT2D eigenvalue weighted by molar-refractivity contribution is -0.167. The lowest BCUT2D eigenvalue weighted by atomic mass is 9.97. The molecule has 1 saturated heterocycles. The van der Waals surface area contributed by atoms with Crippen LogP contribution < -0.4 is 0 Å². The summed E-state index contributed by atoms with van der Waals surface area (Å²) < 4.78 is 5.26. The van der Waals surface area contributed by atoms with Gasteiger partial charge in [-0.3, -0.25) is 9.59 Å². The van der Waals surface area contributed by atoms with Gasteiger partial charge in [0.05, 0.1) is 12.5 Å². The quantitative estimate of drug-likeness (QED) is 0.734. The molecule has 2 atom stereocenters. The molecule has 1 fully saturated rings. The Hall–Kier alpha value is -1.10. The van der Waals surface area contributed by atoms with Crippen molar-refractivity contribution in [2.24, 2.45) is 5.92 Å². The van der Waals surface area contributed by atoms with Crippen molar-refractivity contribution in [3.8, 4) is 0 Å². The molecule has 0 bridgehead atoms. The highest BCUT2D eigenvalue weighted by molar-refractivity contribution is 5.87. The molecule has 1 amide bonds. The van der Waals surface area contributed by atoms with E-state index in [0.29, 0.717) is 26.1 Å². The summed E-state index contributed by atoms with van der Waals surface area (Å²) >= 11 is 0. The van der Waals surface area contributed by atoms with Gasteiger partial charge < -0.3 is 14.7 Å². The minimum atomic E-state index is -0.964. The van der Waals surface area contributed by atoms with Crippen molar-refractivity contribution in [1.82, 2.24) is 4.90 Å². The van der Waals surface area contributed by atoms with Gasteiger partial charge in [0, 0.05) is 13.1 Å². The topological polar surface area (TPSA) is 66.8 Å². The molecule has 1 heterocycles. The first-order valence-electron chi connectivity index (χ1n) is 5.25. The number of rotatable bonds is 4. The Morgan fingerprint density at radius 3 is 2.80 bits per heavy atom. The molecule has 1 aliphatic rings. The van der Waals surface area contributed by atoms with E-state index in [1.165, 1.54) is 0 Å².